The number of fused-ring (bicyclic) bond motifs is 1. The van der Waals surface area contributed by atoms with Crippen LogP contribution in [0.5, 0.6) is 5.75 Å². The molecule has 21 heavy (non-hydrogen) atoms. The van der Waals surface area contributed by atoms with Crippen molar-refractivity contribution in [3.63, 3.8) is 0 Å². The van der Waals surface area contributed by atoms with Crippen molar-refractivity contribution in [3.05, 3.63) is 23.3 Å². The van der Waals surface area contributed by atoms with Crippen LogP contribution in [0, 0.1) is 5.41 Å². The molecule has 0 unspecified atom stereocenters. The molecule has 1 fully saturated rings. The van der Waals surface area contributed by atoms with E-state index in [1.54, 1.807) is 0 Å². The Morgan fingerprint density at radius 3 is 2.81 bits per heavy atom. The quantitative estimate of drug-likeness (QED) is 0.865. The summed E-state index contributed by atoms with van der Waals surface area (Å²) in [5.74, 6) is 0.987. The topological polar surface area (TPSA) is 47.7 Å². The van der Waals surface area contributed by atoms with Crippen molar-refractivity contribution in [2.24, 2.45) is 5.41 Å². The van der Waals surface area contributed by atoms with Gasteiger partial charge in [0.25, 0.3) is 0 Å². The van der Waals surface area contributed by atoms with Crippen molar-refractivity contribution in [2.75, 3.05) is 25.6 Å². The Labute approximate surface area is 127 Å². The molecule has 0 bridgehead atoms. The first-order valence-corrected chi connectivity index (χ1v) is 8.00. The molecule has 4 heteroatoms. The maximum Gasteiger partial charge on any atom is 0.189 e. The lowest BCUT2D eigenvalue weighted by molar-refractivity contribution is -0.0174. The van der Waals surface area contributed by atoms with E-state index in [2.05, 4.69) is 24.8 Å². The number of nitrogens with zero attached hydrogens (tertiary/aromatic N) is 1. The minimum Gasteiger partial charge on any atom is -0.467 e. The van der Waals surface area contributed by atoms with Gasteiger partial charge >= 0.3 is 0 Å². The van der Waals surface area contributed by atoms with E-state index in [4.69, 9.17) is 15.2 Å². The smallest absolute Gasteiger partial charge is 0.189 e. The van der Waals surface area contributed by atoms with Crippen molar-refractivity contribution in [1.82, 2.24) is 4.90 Å². The predicted molar refractivity (Wildman–Crippen MR) is 84.0 cm³/mol. The number of likely N-dealkylation sites (tertiary alicyclic amines) is 1. The SMILES string of the molecule is CCC1(CC)CCN(Cc2cc(N)cc3c2OCOC3)C1. The third-order valence-electron chi connectivity index (χ3n) is 5.22. The third kappa shape index (κ3) is 2.87. The largest absolute Gasteiger partial charge is 0.467 e. The van der Waals surface area contributed by atoms with Crippen LogP contribution in [0.25, 0.3) is 0 Å². The van der Waals surface area contributed by atoms with Gasteiger partial charge in [-0.15, -0.1) is 0 Å². The lowest BCUT2D eigenvalue weighted by Crippen LogP contribution is -2.26. The fourth-order valence-electron chi connectivity index (χ4n) is 3.67. The van der Waals surface area contributed by atoms with Gasteiger partial charge in [-0.3, -0.25) is 4.90 Å². The van der Waals surface area contributed by atoms with Crippen LogP contribution in [-0.2, 0) is 17.9 Å². The Morgan fingerprint density at radius 1 is 1.29 bits per heavy atom. The number of hydrogen-bond donors (Lipinski definition) is 1. The lowest BCUT2D eigenvalue weighted by atomic mass is 9.82. The van der Waals surface area contributed by atoms with E-state index in [9.17, 15) is 0 Å². The Hall–Kier alpha value is -1.26. The van der Waals surface area contributed by atoms with Gasteiger partial charge in [0.2, 0.25) is 0 Å². The van der Waals surface area contributed by atoms with E-state index in [0.29, 0.717) is 18.8 Å². The molecule has 0 aromatic heterocycles. The number of nitrogen functional groups attached to an aromatic ring is 1. The zero-order valence-electron chi connectivity index (χ0n) is 13.2. The number of ether oxygens (including phenoxy) is 2. The molecule has 3 rings (SSSR count). The van der Waals surface area contributed by atoms with Crippen LogP contribution in [0.2, 0.25) is 0 Å². The molecule has 1 saturated heterocycles. The lowest BCUT2D eigenvalue weighted by Gasteiger charge is -2.27. The molecule has 2 N–H and O–H groups in total. The first-order chi connectivity index (χ1) is 10.2. The number of nitrogens with two attached hydrogens (primary N) is 1. The van der Waals surface area contributed by atoms with E-state index in [0.717, 1.165) is 23.5 Å². The molecular formula is C17H26N2O2. The molecule has 1 aromatic rings. The van der Waals surface area contributed by atoms with Gasteiger partial charge in [0.05, 0.1) is 6.61 Å². The monoisotopic (exact) mass is 290 g/mol. The highest BCUT2D eigenvalue weighted by Crippen LogP contribution is 2.39. The first-order valence-electron chi connectivity index (χ1n) is 8.00. The summed E-state index contributed by atoms with van der Waals surface area (Å²) in [6.07, 6.45) is 3.83. The summed E-state index contributed by atoms with van der Waals surface area (Å²) >= 11 is 0. The molecule has 0 radical (unpaired) electrons. The molecule has 116 valence electrons. The van der Waals surface area contributed by atoms with E-state index in [1.807, 2.05) is 6.07 Å². The summed E-state index contributed by atoms with van der Waals surface area (Å²) in [7, 11) is 0. The standard InChI is InChI=1S/C17H26N2O2/c1-3-17(4-2)5-6-19(11-17)9-13-7-15(18)8-14-10-20-12-21-16(13)14/h7-8H,3-6,9-12,18H2,1-2H3. The molecule has 2 heterocycles. The molecule has 0 atom stereocenters. The zero-order valence-corrected chi connectivity index (χ0v) is 13.2. The van der Waals surface area contributed by atoms with Crippen molar-refractivity contribution in [1.29, 1.82) is 0 Å². The van der Waals surface area contributed by atoms with Gasteiger partial charge in [-0.1, -0.05) is 13.8 Å². The van der Waals surface area contributed by atoms with Crippen LogP contribution in [0.1, 0.15) is 44.2 Å². The van der Waals surface area contributed by atoms with Gasteiger partial charge in [-0.25, -0.2) is 0 Å². The van der Waals surface area contributed by atoms with Crippen LogP contribution >= 0.6 is 0 Å². The molecule has 0 saturated carbocycles. The van der Waals surface area contributed by atoms with Crippen molar-refractivity contribution < 1.29 is 9.47 Å². The van der Waals surface area contributed by atoms with Crippen molar-refractivity contribution in [3.8, 4) is 5.75 Å². The van der Waals surface area contributed by atoms with Crippen molar-refractivity contribution in [2.45, 2.75) is 46.3 Å². The number of benzene rings is 1. The van der Waals surface area contributed by atoms with E-state index >= 15 is 0 Å². The second kappa shape index (κ2) is 5.85. The average Bonchev–Trinajstić information content (AvgIpc) is 2.91. The highest BCUT2D eigenvalue weighted by molar-refractivity contribution is 5.53. The van der Waals surface area contributed by atoms with Crippen LogP contribution < -0.4 is 10.5 Å². The normalized spacial score (nSPS) is 21.0. The summed E-state index contributed by atoms with van der Waals surface area (Å²) in [5, 5.41) is 0. The number of rotatable bonds is 4. The Balaban J connectivity index is 1.78. The fourth-order valence-corrected chi connectivity index (χ4v) is 3.67. The van der Waals surface area contributed by atoms with Crippen LogP contribution in [0.3, 0.4) is 0 Å². The molecule has 0 aliphatic carbocycles. The molecule has 1 aromatic carbocycles. The minimum absolute atomic E-state index is 0.345. The Bertz CT molecular complexity index is 512. The van der Waals surface area contributed by atoms with Gasteiger partial charge < -0.3 is 15.2 Å². The zero-order chi connectivity index (χ0) is 14.9. The summed E-state index contributed by atoms with van der Waals surface area (Å²) in [6.45, 7) is 8.85. The highest BCUT2D eigenvalue weighted by atomic mass is 16.7. The van der Waals surface area contributed by atoms with E-state index in [1.165, 1.54) is 37.9 Å². The number of hydrogen-bond acceptors (Lipinski definition) is 4. The third-order valence-corrected chi connectivity index (χ3v) is 5.22. The van der Waals surface area contributed by atoms with E-state index < -0.39 is 0 Å². The summed E-state index contributed by atoms with van der Waals surface area (Å²) < 4.78 is 11.1. The molecule has 0 amide bonds. The maximum absolute atomic E-state index is 6.03. The van der Waals surface area contributed by atoms with Crippen molar-refractivity contribution >= 4 is 5.69 Å². The Kier molecular flexibility index (Phi) is 4.09. The van der Waals surface area contributed by atoms with Crippen LogP contribution in [0.4, 0.5) is 5.69 Å². The molecule has 4 nitrogen and oxygen atoms in total. The van der Waals surface area contributed by atoms with Gasteiger partial charge in [0.15, 0.2) is 6.79 Å². The minimum atomic E-state index is 0.345. The van der Waals surface area contributed by atoms with Gasteiger partial charge in [0, 0.05) is 29.9 Å². The second-order valence-electron chi connectivity index (χ2n) is 6.45. The number of anilines is 1. The maximum atomic E-state index is 6.03. The Morgan fingerprint density at radius 2 is 2.10 bits per heavy atom. The summed E-state index contributed by atoms with van der Waals surface area (Å²) in [5.41, 5.74) is 9.62. The average molecular weight is 290 g/mol. The predicted octanol–water partition coefficient (Wildman–Crippen LogP) is 3.15. The van der Waals surface area contributed by atoms with Gasteiger partial charge in [-0.05, 0) is 43.4 Å². The van der Waals surface area contributed by atoms with Crippen LogP contribution in [0.15, 0.2) is 12.1 Å². The van der Waals surface area contributed by atoms with Crippen LogP contribution in [-0.4, -0.2) is 24.8 Å². The highest BCUT2D eigenvalue weighted by Gasteiger charge is 2.35. The van der Waals surface area contributed by atoms with Gasteiger partial charge in [-0.2, -0.15) is 0 Å². The summed E-state index contributed by atoms with van der Waals surface area (Å²) in [4.78, 5) is 2.54. The first kappa shape index (κ1) is 14.7. The molecular weight excluding hydrogens is 264 g/mol. The van der Waals surface area contributed by atoms with Gasteiger partial charge in [0.1, 0.15) is 5.75 Å². The molecule has 2 aliphatic rings. The second-order valence-corrected chi connectivity index (χ2v) is 6.45. The molecule has 2 aliphatic heterocycles. The summed E-state index contributed by atoms with van der Waals surface area (Å²) in [6, 6.07) is 4.02. The van der Waals surface area contributed by atoms with E-state index in [-0.39, 0.29) is 0 Å². The fraction of sp³-hybridized carbons (Fsp3) is 0.647. The molecule has 0 spiro atoms.